The number of amides is 1. The topological polar surface area (TPSA) is 90.3 Å². The Morgan fingerprint density at radius 3 is 2.81 bits per heavy atom. The molecule has 8 heteroatoms. The molecule has 0 aliphatic heterocycles. The van der Waals surface area contributed by atoms with E-state index in [0.717, 1.165) is 0 Å². The van der Waals surface area contributed by atoms with Crippen molar-refractivity contribution >= 4 is 27.5 Å². The van der Waals surface area contributed by atoms with E-state index >= 15 is 0 Å². The van der Waals surface area contributed by atoms with E-state index in [-0.39, 0.29) is 30.2 Å². The van der Waals surface area contributed by atoms with Gasteiger partial charge in [-0.05, 0) is 18.2 Å². The van der Waals surface area contributed by atoms with Gasteiger partial charge in [-0.25, -0.2) is 13.1 Å². The Hall–Kier alpha value is -1.62. The molecule has 0 saturated carbocycles. The minimum atomic E-state index is -3.68. The number of nitriles is 1. The number of hydrogen-bond acceptors (Lipinski definition) is 4. The van der Waals surface area contributed by atoms with Crippen LogP contribution >= 0.6 is 11.6 Å². The molecule has 1 amide bonds. The Balaban J connectivity index is 2.52. The van der Waals surface area contributed by atoms with Crippen molar-refractivity contribution in [3.63, 3.8) is 0 Å². The average Bonchev–Trinajstić information content (AvgIpc) is 2.44. The van der Waals surface area contributed by atoms with Gasteiger partial charge in [0.15, 0.2) is 0 Å². The highest BCUT2D eigenvalue weighted by Gasteiger charge is 2.15. The third-order valence-corrected chi connectivity index (χ3v) is 4.42. The summed E-state index contributed by atoms with van der Waals surface area (Å²) < 4.78 is 26.3. The zero-order chi connectivity index (χ0) is 15.9. The molecule has 114 valence electrons. The lowest BCUT2D eigenvalue weighted by molar-refractivity contribution is -0.129. The van der Waals surface area contributed by atoms with Crippen LogP contribution in [0.3, 0.4) is 0 Å². The van der Waals surface area contributed by atoms with Crippen molar-refractivity contribution in [3.8, 4) is 6.07 Å². The molecule has 0 heterocycles. The van der Waals surface area contributed by atoms with E-state index in [2.05, 4.69) is 4.72 Å². The Labute approximate surface area is 129 Å². The fourth-order valence-corrected chi connectivity index (χ4v) is 2.88. The predicted octanol–water partition coefficient (Wildman–Crippen LogP) is 1.38. The Kier molecular flexibility index (Phi) is 6.62. The third kappa shape index (κ3) is 5.71. The molecular weight excluding hydrogens is 314 g/mol. The van der Waals surface area contributed by atoms with E-state index in [1.54, 1.807) is 13.1 Å². The van der Waals surface area contributed by atoms with Gasteiger partial charge in [-0.1, -0.05) is 17.7 Å². The van der Waals surface area contributed by atoms with Gasteiger partial charge >= 0.3 is 0 Å². The molecule has 0 atom stereocenters. The SMILES string of the molecule is CN(CCC#N)C(=O)CCNS(=O)(=O)c1cccc(Cl)c1. The molecule has 1 aromatic rings. The molecular formula is C13H16ClN3O3S. The van der Waals surface area contributed by atoms with Crippen LogP contribution in [0.4, 0.5) is 0 Å². The first-order valence-corrected chi connectivity index (χ1v) is 8.09. The lowest BCUT2D eigenvalue weighted by atomic mass is 10.3. The molecule has 0 fully saturated rings. The van der Waals surface area contributed by atoms with E-state index in [1.807, 2.05) is 6.07 Å². The maximum atomic E-state index is 12.0. The van der Waals surface area contributed by atoms with Gasteiger partial charge in [0.1, 0.15) is 0 Å². The number of halogens is 1. The number of carbonyl (C=O) groups is 1. The molecule has 21 heavy (non-hydrogen) atoms. The van der Waals surface area contributed by atoms with Gasteiger partial charge in [0.25, 0.3) is 0 Å². The lowest BCUT2D eigenvalue weighted by Crippen LogP contribution is -2.32. The van der Waals surface area contributed by atoms with E-state index in [9.17, 15) is 13.2 Å². The summed E-state index contributed by atoms with van der Waals surface area (Å²) in [4.78, 5) is 13.1. The van der Waals surface area contributed by atoms with Crippen molar-refractivity contribution in [1.82, 2.24) is 9.62 Å². The van der Waals surface area contributed by atoms with Crippen LogP contribution in [0.2, 0.25) is 5.02 Å². The quantitative estimate of drug-likeness (QED) is 0.818. The minimum Gasteiger partial charge on any atom is -0.345 e. The Morgan fingerprint density at radius 2 is 2.19 bits per heavy atom. The second-order valence-corrected chi connectivity index (χ2v) is 6.53. The molecule has 0 radical (unpaired) electrons. The summed E-state index contributed by atoms with van der Waals surface area (Å²) in [6.45, 7) is 0.320. The molecule has 1 N–H and O–H groups in total. The van der Waals surface area contributed by atoms with Gasteiger partial charge in [-0.15, -0.1) is 0 Å². The summed E-state index contributed by atoms with van der Waals surface area (Å²) in [6.07, 6.45) is 0.276. The van der Waals surface area contributed by atoms with Crippen molar-refractivity contribution in [2.24, 2.45) is 0 Å². The van der Waals surface area contributed by atoms with Crippen LogP contribution in [0.25, 0.3) is 0 Å². The molecule has 6 nitrogen and oxygen atoms in total. The first-order valence-electron chi connectivity index (χ1n) is 6.23. The summed E-state index contributed by atoms with van der Waals surface area (Å²) >= 11 is 5.75. The second kappa shape index (κ2) is 7.98. The number of nitrogens with zero attached hydrogens (tertiary/aromatic N) is 2. The maximum absolute atomic E-state index is 12.0. The van der Waals surface area contributed by atoms with E-state index in [4.69, 9.17) is 16.9 Å². The Morgan fingerprint density at radius 1 is 1.48 bits per heavy atom. The molecule has 0 aliphatic carbocycles. The highest BCUT2D eigenvalue weighted by Crippen LogP contribution is 2.15. The number of nitrogens with one attached hydrogen (secondary N) is 1. The molecule has 0 bridgehead atoms. The zero-order valence-electron chi connectivity index (χ0n) is 11.5. The third-order valence-electron chi connectivity index (χ3n) is 2.72. The minimum absolute atomic E-state index is 0.00935. The number of benzene rings is 1. The van der Waals surface area contributed by atoms with E-state index < -0.39 is 10.0 Å². The van der Waals surface area contributed by atoms with Crippen LogP contribution in [0.5, 0.6) is 0 Å². The number of hydrogen-bond donors (Lipinski definition) is 1. The molecule has 1 rings (SSSR count). The summed E-state index contributed by atoms with van der Waals surface area (Å²) in [5, 5.41) is 8.76. The van der Waals surface area contributed by atoms with Crippen LogP contribution in [0.15, 0.2) is 29.2 Å². The van der Waals surface area contributed by atoms with Crippen LogP contribution in [-0.2, 0) is 14.8 Å². The van der Waals surface area contributed by atoms with Crippen molar-refractivity contribution in [2.75, 3.05) is 20.1 Å². The fourth-order valence-electron chi connectivity index (χ4n) is 1.54. The lowest BCUT2D eigenvalue weighted by Gasteiger charge is -2.15. The van der Waals surface area contributed by atoms with Gasteiger partial charge in [-0.2, -0.15) is 5.26 Å². The maximum Gasteiger partial charge on any atom is 0.240 e. The molecule has 1 aromatic carbocycles. The van der Waals surface area contributed by atoms with Crippen LogP contribution in [0, 0.1) is 11.3 Å². The van der Waals surface area contributed by atoms with Crippen LogP contribution < -0.4 is 4.72 Å². The van der Waals surface area contributed by atoms with Crippen molar-refractivity contribution < 1.29 is 13.2 Å². The Bertz CT molecular complexity index is 640. The van der Waals surface area contributed by atoms with Gasteiger partial charge in [0.2, 0.25) is 15.9 Å². The number of carbonyl (C=O) groups excluding carboxylic acids is 1. The van der Waals surface area contributed by atoms with Gasteiger partial charge in [-0.3, -0.25) is 4.79 Å². The highest BCUT2D eigenvalue weighted by atomic mass is 35.5. The standard InChI is InChI=1S/C13H16ClN3O3S/c1-17(9-3-7-15)13(18)6-8-16-21(19,20)12-5-2-4-11(14)10-12/h2,4-5,10,16H,3,6,8-9H2,1H3. The zero-order valence-corrected chi connectivity index (χ0v) is 13.1. The van der Waals surface area contributed by atoms with E-state index in [1.165, 1.54) is 23.1 Å². The van der Waals surface area contributed by atoms with E-state index in [0.29, 0.717) is 11.6 Å². The number of rotatable bonds is 7. The molecule has 0 unspecified atom stereocenters. The largest absolute Gasteiger partial charge is 0.345 e. The first-order chi connectivity index (χ1) is 9.86. The van der Waals surface area contributed by atoms with Gasteiger partial charge in [0.05, 0.1) is 17.4 Å². The number of sulfonamides is 1. The molecule has 0 spiro atoms. The van der Waals surface area contributed by atoms with Gasteiger partial charge in [0, 0.05) is 31.6 Å². The smallest absolute Gasteiger partial charge is 0.240 e. The molecule has 0 aliphatic rings. The summed E-state index contributed by atoms with van der Waals surface area (Å²) in [6, 6.07) is 7.82. The van der Waals surface area contributed by atoms with Crippen LogP contribution in [0.1, 0.15) is 12.8 Å². The highest BCUT2D eigenvalue weighted by molar-refractivity contribution is 7.89. The monoisotopic (exact) mass is 329 g/mol. The molecule has 0 aromatic heterocycles. The summed E-state index contributed by atoms with van der Waals surface area (Å²) in [5.41, 5.74) is 0. The molecule has 0 saturated heterocycles. The first kappa shape index (κ1) is 17.4. The van der Waals surface area contributed by atoms with Crippen molar-refractivity contribution in [1.29, 1.82) is 5.26 Å². The van der Waals surface area contributed by atoms with Gasteiger partial charge < -0.3 is 4.90 Å². The van der Waals surface area contributed by atoms with Crippen LogP contribution in [-0.4, -0.2) is 39.4 Å². The fraction of sp³-hybridized carbons (Fsp3) is 0.385. The predicted molar refractivity (Wildman–Crippen MR) is 79.1 cm³/mol. The summed E-state index contributed by atoms with van der Waals surface area (Å²) in [5.74, 6) is -0.223. The average molecular weight is 330 g/mol. The van der Waals surface area contributed by atoms with Crippen molar-refractivity contribution in [2.45, 2.75) is 17.7 Å². The normalized spacial score (nSPS) is 10.9. The van der Waals surface area contributed by atoms with Crippen molar-refractivity contribution in [3.05, 3.63) is 29.3 Å². The summed E-state index contributed by atoms with van der Waals surface area (Å²) in [7, 11) is -2.10. The second-order valence-electron chi connectivity index (χ2n) is 4.33.